The molecule has 0 saturated carbocycles. The Hall–Kier alpha value is -1.72. The van der Waals surface area contributed by atoms with Gasteiger partial charge in [-0.2, -0.15) is 0 Å². The standard InChI is InChI=1S/C15H18N4O.ClH/c20-15(19-8-6-11-3-2-7-16-11)12-4-1-5-13-14(12)18-10-9-17-13;/h1,4-5,9-11,16H,2-3,6-8H2,(H,19,20);1H/t11-;/m1./s1. The molecule has 1 fully saturated rings. The van der Waals surface area contributed by atoms with Gasteiger partial charge in [0.05, 0.1) is 11.1 Å². The van der Waals surface area contributed by atoms with Crippen LogP contribution in [0.5, 0.6) is 0 Å². The van der Waals surface area contributed by atoms with Crippen LogP contribution in [-0.4, -0.2) is 35.0 Å². The van der Waals surface area contributed by atoms with E-state index in [1.165, 1.54) is 12.8 Å². The molecule has 0 aliphatic carbocycles. The van der Waals surface area contributed by atoms with Crippen molar-refractivity contribution in [2.75, 3.05) is 13.1 Å². The number of para-hydroxylation sites is 1. The Labute approximate surface area is 130 Å². The van der Waals surface area contributed by atoms with Gasteiger partial charge in [0.1, 0.15) is 5.52 Å². The van der Waals surface area contributed by atoms with E-state index in [9.17, 15) is 4.79 Å². The summed E-state index contributed by atoms with van der Waals surface area (Å²) in [5.74, 6) is -0.0749. The van der Waals surface area contributed by atoms with E-state index in [-0.39, 0.29) is 18.3 Å². The second-order valence-electron chi connectivity index (χ2n) is 5.07. The molecule has 3 rings (SSSR count). The van der Waals surface area contributed by atoms with Crippen molar-refractivity contribution in [1.29, 1.82) is 0 Å². The van der Waals surface area contributed by atoms with Gasteiger partial charge in [0, 0.05) is 25.0 Å². The largest absolute Gasteiger partial charge is 0.352 e. The number of carbonyl (C=O) groups excluding carboxylic acids is 1. The molecule has 0 bridgehead atoms. The van der Waals surface area contributed by atoms with E-state index < -0.39 is 0 Å². The van der Waals surface area contributed by atoms with Gasteiger partial charge in [-0.25, -0.2) is 0 Å². The fourth-order valence-electron chi connectivity index (χ4n) is 2.63. The zero-order valence-electron chi connectivity index (χ0n) is 11.7. The highest BCUT2D eigenvalue weighted by atomic mass is 35.5. The number of halogens is 1. The highest BCUT2D eigenvalue weighted by Crippen LogP contribution is 2.13. The first-order valence-electron chi connectivity index (χ1n) is 7.06. The SMILES string of the molecule is Cl.O=C(NCC[C@H]1CCCN1)c1cccc2nccnc12. The Morgan fingerprint density at radius 1 is 1.33 bits per heavy atom. The van der Waals surface area contributed by atoms with Crippen molar-refractivity contribution < 1.29 is 4.79 Å². The lowest BCUT2D eigenvalue weighted by atomic mass is 10.1. The highest BCUT2D eigenvalue weighted by Gasteiger charge is 2.15. The normalized spacial score (nSPS) is 17.4. The van der Waals surface area contributed by atoms with Gasteiger partial charge in [0.15, 0.2) is 0 Å². The van der Waals surface area contributed by atoms with Crippen LogP contribution in [0, 0.1) is 0 Å². The van der Waals surface area contributed by atoms with Crippen LogP contribution in [0.4, 0.5) is 0 Å². The summed E-state index contributed by atoms with van der Waals surface area (Å²) in [4.78, 5) is 20.7. The van der Waals surface area contributed by atoms with Crippen LogP contribution >= 0.6 is 12.4 Å². The molecule has 1 atom stereocenters. The Kier molecular flexibility index (Phi) is 5.47. The number of hydrogen-bond acceptors (Lipinski definition) is 4. The van der Waals surface area contributed by atoms with Crippen molar-refractivity contribution in [2.24, 2.45) is 0 Å². The molecular formula is C15H19ClN4O. The van der Waals surface area contributed by atoms with E-state index in [1.54, 1.807) is 18.5 Å². The molecule has 6 heteroatoms. The number of benzene rings is 1. The minimum atomic E-state index is -0.0749. The minimum Gasteiger partial charge on any atom is -0.352 e. The van der Waals surface area contributed by atoms with Crippen LogP contribution in [0.25, 0.3) is 11.0 Å². The Balaban J connectivity index is 0.00000161. The monoisotopic (exact) mass is 306 g/mol. The third kappa shape index (κ3) is 3.68. The summed E-state index contributed by atoms with van der Waals surface area (Å²) in [6.07, 6.45) is 6.66. The summed E-state index contributed by atoms with van der Waals surface area (Å²) in [6.45, 7) is 1.78. The maximum atomic E-state index is 12.2. The van der Waals surface area contributed by atoms with Crippen molar-refractivity contribution in [2.45, 2.75) is 25.3 Å². The Bertz CT molecular complexity index is 608. The zero-order valence-corrected chi connectivity index (χ0v) is 12.5. The molecule has 0 radical (unpaired) electrons. The van der Waals surface area contributed by atoms with E-state index in [2.05, 4.69) is 20.6 Å². The first-order valence-corrected chi connectivity index (χ1v) is 7.06. The Morgan fingerprint density at radius 2 is 2.19 bits per heavy atom. The van der Waals surface area contributed by atoms with Gasteiger partial charge >= 0.3 is 0 Å². The van der Waals surface area contributed by atoms with Gasteiger partial charge in [-0.1, -0.05) is 6.07 Å². The predicted molar refractivity (Wildman–Crippen MR) is 84.8 cm³/mol. The number of amides is 1. The van der Waals surface area contributed by atoms with Crippen LogP contribution < -0.4 is 10.6 Å². The topological polar surface area (TPSA) is 66.9 Å². The summed E-state index contributed by atoms with van der Waals surface area (Å²) >= 11 is 0. The molecule has 21 heavy (non-hydrogen) atoms. The molecule has 1 aliphatic rings. The van der Waals surface area contributed by atoms with Crippen LogP contribution in [0.3, 0.4) is 0 Å². The zero-order chi connectivity index (χ0) is 13.8. The lowest BCUT2D eigenvalue weighted by Gasteiger charge is -2.11. The lowest BCUT2D eigenvalue weighted by molar-refractivity contribution is 0.0954. The predicted octanol–water partition coefficient (Wildman–Crippen LogP) is 1.92. The van der Waals surface area contributed by atoms with E-state index >= 15 is 0 Å². The fraction of sp³-hybridized carbons (Fsp3) is 0.400. The van der Waals surface area contributed by atoms with Crippen molar-refractivity contribution in [1.82, 2.24) is 20.6 Å². The van der Waals surface area contributed by atoms with Gasteiger partial charge in [0.25, 0.3) is 5.91 Å². The third-order valence-electron chi connectivity index (χ3n) is 3.68. The van der Waals surface area contributed by atoms with Crippen LogP contribution in [0.15, 0.2) is 30.6 Å². The molecule has 1 aromatic heterocycles. The molecule has 1 aromatic carbocycles. The molecule has 1 saturated heterocycles. The first-order chi connectivity index (χ1) is 9.84. The Morgan fingerprint density at radius 3 is 3.00 bits per heavy atom. The lowest BCUT2D eigenvalue weighted by Crippen LogP contribution is -2.30. The summed E-state index contributed by atoms with van der Waals surface area (Å²) in [7, 11) is 0. The summed E-state index contributed by atoms with van der Waals surface area (Å²) in [5, 5.41) is 6.40. The van der Waals surface area contributed by atoms with E-state index in [1.807, 2.05) is 12.1 Å². The average Bonchev–Trinajstić information content (AvgIpc) is 3.00. The van der Waals surface area contributed by atoms with Crippen molar-refractivity contribution in [3.8, 4) is 0 Å². The van der Waals surface area contributed by atoms with Crippen LogP contribution in [0.2, 0.25) is 0 Å². The molecule has 2 aromatic rings. The van der Waals surface area contributed by atoms with Crippen molar-refractivity contribution >= 4 is 29.3 Å². The molecular weight excluding hydrogens is 288 g/mol. The molecule has 2 heterocycles. The summed E-state index contributed by atoms with van der Waals surface area (Å²) < 4.78 is 0. The molecule has 0 unspecified atom stereocenters. The van der Waals surface area contributed by atoms with Crippen LogP contribution in [-0.2, 0) is 0 Å². The third-order valence-corrected chi connectivity index (χ3v) is 3.68. The van der Waals surface area contributed by atoms with Crippen LogP contribution in [0.1, 0.15) is 29.6 Å². The number of nitrogens with one attached hydrogen (secondary N) is 2. The van der Waals surface area contributed by atoms with Crippen molar-refractivity contribution in [3.05, 3.63) is 36.2 Å². The second-order valence-corrected chi connectivity index (χ2v) is 5.07. The van der Waals surface area contributed by atoms with Gasteiger partial charge in [-0.05, 0) is 37.9 Å². The second kappa shape index (κ2) is 7.33. The molecule has 2 N–H and O–H groups in total. The maximum absolute atomic E-state index is 12.2. The molecule has 112 valence electrons. The quantitative estimate of drug-likeness (QED) is 0.906. The number of fused-ring (bicyclic) bond motifs is 1. The summed E-state index contributed by atoms with van der Waals surface area (Å²) in [6, 6.07) is 6.04. The van der Waals surface area contributed by atoms with Gasteiger partial charge in [-0.15, -0.1) is 12.4 Å². The van der Waals surface area contributed by atoms with Gasteiger partial charge in [0.2, 0.25) is 0 Å². The minimum absolute atomic E-state index is 0. The summed E-state index contributed by atoms with van der Waals surface area (Å²) in [5.41, 5.74) is 2.00. The number of hydrogen-bond donors (Lipinski definition) is 2. The smallest absolute Gasteiger partial charge is 0.253 e. The molecule has 0 spiro atoms. The number of aromatic nitrogens is 2. The molecule has 1 amide bonds. The molecule has 1 aliphatic heterocycles. The van der Waals surface area contributed by atoms with E-state index in [0.29, 0.717) is 23.7 Å². The fourth-order valence-corrected chi connectivity index (χ4v) is 2.63. The van der Waals surface area contributed by atoms with Crippen molar-refractivity contribution in [3.63, 3.8) is 0 Å². The number of carbonyl (C=O) groups is 1. The first kappa shape index (κ1) is 15.7. The number of rotatable bonds is 4. The van der Waals surface area contributed by atoms with E-state index in [0.717, 1.165) is 18.5 Å². The maximum Gasteiger partial charge on any atom is 0.253 e. The highest BCUT2D eigenvalue weighted by molar-refractivity contribution is 6.04. The average molecular weight is 307 g/mol. The van der Waals surface area contributed by atoms with Gasteiger partial charge in [-0.3, -0.25) is 14.8 Å². The molecule has 5 nitrogen and oxygen atoms in total. The van der Waals surface area contributed by atoms with E-state index in [4.69, 9.17) is 0 Å². The van der Waals surface area contributed by atoms with Gasteiger partial charge < -0.3 is 10.6 Å². The number of nitrogens with zero attached hydrogens (tertiary/aromatic N) is 2.